The van der Waals surface area contributed by atoms with E-state index in [-0.39, 0.29) is 39.4 Å². The van der Waals surface area contributed by atoms with Crippen molar-refractivity contribution in [3.8, 4) is 0 Å². The Morgan fingerprint density at radius 3 is 2.58 bits per heavy atom. The first-order chi connectivity index (χ1) is 15.7. The standard InChI is InChI=1S/C22H19Cl3N4O3S/c1-9-15(24)16(25)18(26-9)20(30)28-17-12-7-29(8-13(12)17)22-27-14(19(33-22)21(31)32)6-10-3-2-4-11(23)5-10/h2-5,12-13,17,26H,6-8H2,1H3,(H,28,30)(H,31,32)/t12-,13+,17+. The number of carboxylic acid groups (broad SMARTS) is 1. The van der Waals surface area contributed by atoms with Crippen molar-refractivity contribution in [1.29, 1.82) is 0 Å². The van der Waals surface area contributed by atoms with E-state index < -0.39 is 5.97 Å². The van der Waals surface area contributed by atoms with Crippen LogP contribution in [0.1, 0.15) is 37.1 Å². The summed E-state index contributed by atoms with van der Waals surface area (Å²) in [4.78, 5) is 34.3. The molecule has 0 radical (unpaired) electrons. The van der Waals surface area contributed by atoms with Gasteiger partial charge in [0.2, 0.25) is 0 Å². The second-order valence-corrected chi connectivity index (χ2v) is 10.5. The number of aromatic nitrogens is 2. The molecule has 1 aliphatic carbocycles. The van der Waals surface area contributed by atoms with Crippen LogP contribution in [0, 0.1) is 18.8 Å². The number of aromatic carboxylic acids is 1. The summed E-state index contributed by atoms with van der Waals surface area (Å²) in [5.41, 5.74) is 2.37. The molecule has 0 spiro atoms. The number of fused-ring (bicyclic) bond motifs is 1. The minimum absolute atomic E-state index is 0.0528. The molecule has 1 amide bonds. The van der Waals surface area contributed by atoms with Crippen molar-refractivity contribution in [3.63, 3.8) is 0 Å². The van der Waals surface area contributed by atoms with Gasteiger partial charge in [-0.1, -0.05) is 58.3 Å². The summed E-state index contributed by atoms with van der Waals surface area (Å²) in [6, 6.07) is 7.39. The summed E-state index contributed by atoms with van der Waals surface area (Å²) >= 11 is 19.5. The smallest absolute Gasteiger partial charge is 0.347 e. The van der Waals surface area contributed by atoms with Crippen LogP contribution in [0.2, 0.25) is 15.1 Å². The number of nitrogens with one attached hydrogen (secondary N) is 2. The highest BCUT2D eigenvalue weighted by molar-refractivity contribution is 7.17. The van der Waals surface area contributed by atoms with Crippen molar-refractivity contribution in [2.75, 3.05) is 18.0 Å². The highest BCUT2D eigenvalue weighted by atomic mass is 35.5. The van der Waals surface area contributed by atoms with Crippen LogP contribution in [0.5, 0.6) is 0 Å². The molecular weight excluding hydrogens is 507 g/mol. The van der Waals surface area contributed by atoms with Gasteiger partial charge in [-0.15, -0.1) is 0 Å². The number of hydrogen-bond acceptors (Lipinski definition) is 5. The second kappa shape index (κ2) is 8.51. The van der Waals surface area contributed by atoms with Gasteiger partial charge >= 0.3 is 5.97 Å². The molecular formula is C22H19Cl3N4O3S. The number of hydrogen-bond donors (Lipinski definition) is 3. The maximum Gasteiger partial charge on any atom is 0.347 e. The summed E-state index contributed by atoms with van der Waals surface area (Å²) < 4.78 is 0. The number of rotatable bonds is 6. The van der Waals surface area contributed by atoms with Crippen molar-refractivity contribution in [2.24, 2.45) is 11.8 Å². The highest BCUT2D eigenvalue weighted by Crippen LogP contribution is 2.48. The number of H-pyrrole nitrogens is 1. The molecule has 172 valence electrons. The zero-order valence-electron chi connectivity index (χ0n) is 17.4. The van der Waals surface area contributed by atoms with Crippen LogP contribution in [-0.4, -0.2) is 46.1 Å². The molecule has 3 atom stereocenters. The van der Waals surface area contributed by atoms with E-state index in [2.05, 4.69) is 20.2 Å². The lowest BCUT2D eigenvalue weighted by molar-refractivity contribution is 0.0700. The van der Waals surface area contributed by atoms with E-state index in [4.69, 9.17) is 34.8 Å². The minimum Gasteiger partial charge on any atom is -0.477 e. The fourth-order valence-electron chi connectivity index (χ4n) is 4.45. The zero-order chi connectivity index (χ0) is 23.4. The Labute approximate surface area is 208 Å². The summed E-state index contributed by atoms with van der Waals surface area (Å²) in [6.07, 6.45) is 0.400. The first kappa shape index (κ1) is 22.5. The van der Waals surface area contributed by atoms with Gasteiger partial charge in [0.25, 0.3) is 5.91 Å². The molecule has 3 aromatic rings. The van der Waals surface area contributed by atoms with Gasteiger partial charge < -0.3 is 20.3 Å². The third kappa shape index (κ3) is 4.21. The van der Waals surface area contributed by atoms with E-state index in [1.807, 2.05) is 18.2 Å². The predicted octanol–water partition coefficient (Wildman–Crippen LogP) is 4.89. The van der Waals surface area contributed by atoms with Gasteiger partial charge in [-0.2, -0.15) is 0 Å². The SMILES string of the molecule is Cc1[nH]c(C(=O)N[C@H]2[C@@H]3CN(c4nc(Cc5cccc(Cl)c5)c(C(=O)O)s4)C[C@@H]32)c(Cl)c1Cl. The lowest BCUT2D eigenvalue weighted by Crippen LogP contribution is -2.34. The Balaban J connectivity index is 1.25. The number of carbonyl (C=O) groups excluding carboxylic acids is 1. The molecule has 1 saturated carbocycles. The van der Waals surface area contributed by atoms with E-state index in [0.29, 0.717) is 46.1 Å². The molecule has 3 N–H and O–H groups in total. The van der Waals surface area contributed by atoms with Crippen molar-refractivity contribution < 1.29 is 14.7 Å². The van der Waals surface area contributed by atoms with Crippen molar-refractivity contribution in [2.45, 2.75) is 19.4 Å². The minimum atomic E-state index is -0.984. The fraction of sp³-hybridized carbons (Fsp3) is 0.318. The molecule has 1 aromatic carbocycles. The third-order valence-corrected chi connectivity index (χ3v) is 8.51. The average Bonchev–Trinajstić information content (AvgIpc) is 3.12. The molecule has 7 nitrogen and oxygen atoms in total. The van der Waals surface area contributed by atoms with Crippen LogP contribution in [-0.2, 0) is 6.42 Å². The first-order valence-electron chi connectivity index (χ1n) is 10.3. The normalized spacial score (nSPS) is 21.2. The Bertz CT molecular complexity index is 1260. The number of aryl methyl sites for hydroxylation is 1. The second-order valence-electron chi connectivity index (χ2n) is 8.37. The van der Waals surface area contributed by atoms with Gasteiger partial charge in [0.15, 0.2) is 5.13 Å². The van der Waals surface area contributed by atoms with Gasteiger partial charge in [-0.25, -0.2) is 9.78 Å². The average molecular weight is 526 g/mol. The predicted molar refractivity (Wildman–Crippen MR) is 129 cm³/mol. The van der Waals surface area contributed by atoms with Crippen LogP contribution in [0.15, 0.2) is 24.3 Å². The van der Waals surface area contributed by atoms with Gasteiger partial charge in [0.05, 0.1) is 15.7 Å². The van der Waals surface area contributed by atoms with Gasteiger partial charge in [0.1, 0.15) is 10.6 Å². The number of piperidine rings is 1. The molecule has 2 fully saturated rings. The van der Waals surface area contributed by atoms with Crippen molar-refractivity contribution in [1.82, 2.24) is 15.3 Å². The summed E-state index contributed by atoms with van der Waals surface area (Å²) in [7, 11) is 0. The maximum atomic E-state index is 12.6. The Hall–Kier alpha value is -2.26. The molecule has 0 unspecified atom stereocenters. The number of halogens is 3. The third-order valence-electron chi connectivity index (χ3n) is 6.18. The molecule has 1 saturated heterocycles. The van der Waals surface area contributed by atoms with Crippen molar-refractivity contribution >= 4 is 63.1 Å². The lowest BCUT2D eigenvalue weighted by Gasteiger charge is -2.19. The summed E-state index contributed by atoms with van der Waals surface area (Å²) in [5, 5.41) is 14.6. The summed E-state index contributed by atoms with van der Waals surface area (Å²) in [6.45, 7) is 3.17. The molecule has 11 heteroatoms. The number of thiazole rings is 1. The van der Waals surface area contributed by atoms with Gasteiger partial charge in [-0.3, -0.25) is 4.79 Å². The van der Waals surface area contributed by atoms with Crippen LogP contribution in [0.4, 0.5) is 5.13 Å². The molecule has 2 aromatic heterocycles. The van der Waals surface area contributed by atoms with Crippen LogP contribution < -0.4 is 10.2 Å². The summed E-state index contributed by atoms with van der Waals surface area (Å²) in [5.74, 6) is -0.685. The number of carbonyl (C=O) groups is 2. The highest BCUT2D eigenvalue weighted by Gasteiger charge is 2.57. The number of carboxylic acids is 1. The number of amides is 1. The molecule has 0 bridgehead atoms. The fourth-order valence-corrected chi connectivity index (χ4v) is 6.02. The quantitative estimate of drug-likeness (QED) is 0.425. The number of benzene rings is 1. The van der Waals surface area contributed by atoms with Crippen LogP contribution >= 0.6 is 46.1 Å². The van der Waals surface area contributed by atoms with E-state index >= 15 is 0 Å². The van der Waals surface area contributed by atoms with E-state index in [1.165, 1.54) is 11.3 Å². The molecule has 5 rings (SSSR count). The Kier molecular flexibility index (Phi) is 5.81. The zero-order valence-corrected chi connectivity index (χ0v) is 20.4. The van der Waals surface area contributed by atoms with E-state index in [9.17, 15) is 14.7 Å². The maximum absolute atomic E-state index is 12.6. The first-order valence-corrected chi connectivity index (χ1v) is 12.2. The van der Waals surface area contributed by atoms with Crippen LogP contribution in [0.3, 0.4) is 0 Å². The van der Waals surface area contributed by atoms with Crippen molar-refractivity contribution in [3.05, 3.63) is 66.9 Å². The molecule has 2 aliphatic rings. The lowest BCUT2D eigenvalue weighted by atomic mass is 10.1. The number of anilines is 1. The van der Waals surface area contributed by atoms with E-state index in [0.717, 1.165) is 5.56 Å². The van der Waals surface area contributed by atoms with E-state index in [1.54, 1.807) is 13.0 Å². The van der Waals surface area contributed by atoms with Gasteiger partial charge in [0, 0.05) is 48.1 Å². The topological polar surface area (TPSA) is 98.3 Å². The molecule has 3 heterocycles. The Morgan fingerprint density at radius 1 is 1.24 bits per heavy atom. The largest absolute Gasteiger partial charge is 0.477 e. The van der Waals surface area contributed by atoms with Gasteiger partial charge in [-0.05, 0) is 24.6 Å². The Morgan fingerprint density at radius 2 is 1.97 bits per heavy atom. The molecule has 1 aliphatic heterocycles. The molecule has 33 heavy (non-hydrogen) atoms. The number of aromatic amines is 1. The number of nitrogens with zero attached hydrogens (tertiary/aromatic N) is 2. The monoisotopic (exact) mass is 524 g/mol. The van der Waals surface area contributed by atoms with Crippen LogP contribution in [0.25, 0.3) is 0 Å².